The highest BCUT2D eigenvalue weighted by molar-refractivity contribution is 9.10. The van der Waals surface area contributed by atoms with Gasteiger partial charge >= 0.3 is 0 Å². The molecular formula is C13H17BrN2O. The van der Waals surface area contributed by atoms with E-state index < -0.39 is 0 Å². The Morgan fingerprint density at radius 1 is 1.41 bits per heavy atom. The van der Waals surface area contributed by atoms with Crippen LogP contribution in [0.4, 0.5) is 5.69 Å². The maximum Gasteiger partial charge on any atom is 0.251 e. The summed E-state index contributed by atoms with van der Waals surface area (Å²) in [5.74, 6) is -0.0227. The molecular weight excluding hydrogens is 280 g/mol. The summed E-state index contributed by atoms with van der Waals surface area (Å²) in [5.41, 5.74) is 1.72. The van der Waals surface area contributed by atoms with Gasteiger partial charge in [-0.1, -0.05) is 15.9 Å². The molecule has 0 aromatic heterocycles. The Morgan fingerprint density at radius 2 is 2.18 bits per heavy atom. The average molecular weight is 297 g/mol. The van der Waals surface area contributed by atoms with Gasteiger partial charge < -0.3 is 10.6 Å². The van der Waals surface area contributed by atoms with Crippen molar-refractivity contribution in [3.05, 3.63) is 28.2 Å². The number of halogens is 1. The lowest BCUT2D eigenvalue weighted by Gasteiger charge is -2.27. The molecule has 1 aliphatic carbocycles. The standard InChI is InChI=1S/C13H17BrN2O/c1-2-15-13(17)9-6-10(14)8-12(7-9)16-11-4-3-5-11/h6-8,11,16H,2-5H2,1H3,(H,15,17). The van der Waals surface area contributed by atoms with Crippen LogP contribution >= 0.6 is 15.9 Å². The van der Waals surface area contributed by atoms with Crippen molar-refractivity contribution in [2.24, 2.45) is 0 Å². The van der Waals surface area contributed by atoms with Crippen LogP contribution in [0.15, 0.2) is 22.7 Å². The number of hydrogen-bond donors (Lipinski definition) is 2. The van der Waals surface area contributed by atoms with Gasteiger partial charge in [-0.05, 0) is 44.4 Å². The van der Waals surface area contributed by atoms with Gasteiger partial charge in [0.05, 0.1) is 0 Å². The minimum Gasteiger partial charge on any atom is -0.382 e. The molecule has 92 valence electrons. The number of carbonyl (C=O) groups is 1. The Labute approximate surface area is 110 Å². The lowest BCUT2D eigenvalue weighted by atomic mass is 9.93. The quantitative estimate of drug-likeness (QED) is 0.896. The molecule has 0 heterocycles. The van der Waals surface area contributed by atoms with E-state index in [0.717, 1.165) is 10.2 Å². The van der Waals surface area contributed by atoms with Crippen molar-refractivity contribution >= 4 is 27.5 Å². The first-order chi connectivity index (χ1) is 8.19. The topological polar surface area (TPSA) is 41.1 Å². The van der Waals surface area contributed by atoms with E-state index in [9.17, 15) is 4.79 Å². The van der Waals surface area contributed by atoms with Gasteiger partial charge in [0.1, 0.15) is 0 Å². The molecule has 0 bridgehead atoms. The van der Waals surface area contributed by atoms with Gasteiger partial charge in [-0.3, -0.25) is 4.79 Å². The van der Waals surface area contributed by atoms with Crippen LogP contribution in [-0.2, 0) is 0 Å². The second kappa shape index (κ2) is 5.54. The predicted octanol–water partition coefficient (Wildman–Crippen LogP) is 3.16. The highest BCUT2D eigenvalue weighted by Crippen LogP contribution is 2.26. The first-order valence-electron chi connectivity index (χ1n) is 6.04. The van der Waals surface area contributed by atoms with Crippen molar-refractivity contribution in [1.82, 2.24) is 5.32 Å². The Bertz CT molecular complexity index is 416. The fourth-order valence-corrected chi connectivity index (χ4v) is 2.35. The van der Waals surface area contributed by atoms with Gasteiger partial charge in [0.25, 0.3) is 5.91 Å². The number of hydrogen-bond acceptors (Lipinski definition) is 2. The fraction of sp³-hybridized carbons (Fsp3) is 0.462. The first kappa shape index (κ1) is 12.4. The lowest BCUT2D eigenvalue weighted by molar-refractivity contribution is 0.0956. The Kier molecular flexibility index (Phi) is 4.05. The maximum atomic E-state index is 11.8. The third-order valence-electron chi connectivity index (χ3n) is 2.97. The van der Waals surface area contributed by atoms with Crippen LogP contribution in [0.25, 0.3) is 0 Å². The Balaban J connectivity index is 2.13. The molecule has 4 heteroatoms. The molecule has 1 aromatic carbocycles. The zero-order valence-corrected chi connectivity index (χ0v) is 11.5. The molecule has 0 unspecified atom stereocenters. The molecule has 0 radical (unpaired) electrons. The smallest absolute Gasteiger partial charge is 0.251 e. The molecule has 2 rings (SSSR count). The van der Waals surface area contributed by atoms with Crippen molar-refractivity contribution in [1.29, 1.82) is 0 Å². The average Bonchev–Trinajstić information content (AvgIpc) is 2.23. The molecule has 0 aliphatic heterocycles. The summed E-state index contributed by atoms with van der Waals surface area (Å²) in [7, 11) is 0. The van der Waals surface area contributed by atoms with E-state index in [1.807, 2.05) is 25.1 Å². The van der Waals surface area contributed by atoms with Crippen LogP contribution < -0.4 is 10.6 Å². The summed E-state index contributed by atoms with van der Waals surface area (Å²) in [6.45, 7) is 2.57. The molecule has 0 spiro atoms. The first-order valence-corrected chi connectivity index (χ1v) is 6.83. The summed E-state index contributed by atoms with van der Waals surface area (Å²) >= 11 is 3.44. The van der Waals surface area contributed by atoms with Crippen LogP contribution in [0.2, 0.25) is 0 Å². The lowest BCUT2D eigenvalue weighted by Crippen LogP contribution is -2.27. The normalized spacial score (nSPS) is 15.2. The van der Waals surface area contributed by atoms with Crippen LogP contribution in [-0.4, -0.2) is 18.5 Å². The molecule has 1 amide bonds. The van der Waals surface area contributed by atoms with Gasteiger partial charge in [-0.15, -0.1) is 0 Å². The second-order valence-corrected chi connectivity index (χ2v) is 5.28. The number of carbonyl (C=O) groups excluding carboxylic acids is 1. The van der Waals surface area contributed by atoms with Crippen LogP contribution in [0.3, 0.4) is 0 Å². The largest absolute Gasteiger partial charge is 0.382 e. The van der Waals surface area contributed by atoms with Crippen LogP contribution in [0.5, 0.6) is 0 Å². The summed E-state index contributed by atoms with van der Waals surface area (Å²) < 4.78 is 0.933. The third kappa shape index (κ3) is 3.22. The molecule has 3 nitrogen and oxygen atoms in total. The maximum absolute atomic E-state index is 11.8. The summed E-state index contributed by atoms with van der Waals surface area (Å²) in [4.78, 5) is 11.8. The van der Waals surface area contributed by atoms with E-state index in [1.54, 1.807) is 0 Å². The summed E-state index contributed by atoms with van der Waals surface area (Å²) in [6, 6.07) is 6.35. The van der Waals surface area contributed by atoms with Gasteiger partial charge in [0.2, 0.25) is 0 Å². The van der Waals surface area contributed by atoms with Gasteiger partial charge in [0.15, 0.2) is 0 Å². The number of anilines is 1. The molecule has 2 N–H and O–H groups in total. The van der Waals surface area contributed by atoms with Gasteiger partial charge in [-0.25, -0.2) is 0 Å². The molecule has 1 aliphatic rings. The van der Waals surface area contributed by atoms with E-state index in [0.29, 0.717) is 18.2 Å². The van der Waals surface area contributed by atoms with Gasteiger partial charge in [-0.2, -0.15) is 0 Å². The van der Waals surface area contributed by atoms with Crippen LogP contribution in [0.1, 0.15) is 36.5 Å². The van der Waals surface area contributed by atoms with Crippen molar-refractivity contribution in [3.63, 3.8) is 0 Å². The monoisotopic (exact) mass is 296 g/mol. The van der Waals surface area contributed by atoms with E-state index in [-0.39, 0.29) is 5.91 Å². The van der Waals surface area contributed by atoms with E-state index >= 15 is 0 Å². The number of rotatable bonds is 4. The zero-order chi connectivity index (χ0) is 12.3. The Hall–Kier alpha value is -1.03. The van der Waals surface area contributed by atoms with Gasteiger partial charge in [0, 0.05) is 28.3 Å². The summed E-state index contributed by atoms with van der Waals surface area (Å²) in [6.07, 6.45) is 3.75. The number of amides is 1. The van der Waals surface area contributed by atoms with Crippen molar-refractivity contribution in [2.45, 2.75) is 32.2 Å². The molecule has 0 atom stereocenters. The highest BCUT2D eigenvalue weighted by Gasteiger charge is 2.17. The van der Waals surface area contributed by atoms with E-state index in [1.165, 1.54) is 19.3 Å². The minimum atomic E-state index is -0.0227. The predicted molar refractivity (Wildman–Crippen MR) is 73.4 cm³/mol. The molecule has 17 heavy (non-hydrogen) atoms. The van der Waals surface area contributed by atoms with Crippen molar-refractivity contribution in [3.8, 4) is 0 Å². The number of benzene rings is 1. The Morgan fingerprint density at radius 3 is 2.76 bits per heavy atom. The van der Waals surface area contributed by atoms with Crippen LogP contribution in [0, 0.1) is 0 Å². The van der Waals surface area contributed by atoms with Crippen molar-refractivity contribution in [2.75, 3.05) is 11.9 Å². The summed E-state index contributed by atoms with van der Waals surface area (Å²) in [5, 5.41) is 6.26. The van der Waals surface area contributed by atoms with E-state index in [4.69, 9.17) is 0 Å². The molecule has 1 aromatic rings. The minimum absolute atomic E-state index is 0.0227. The SMILES string of the molecule is CCNC(=O)c1cc(Br)cc(NC2CCC2)c1. The molecule has 1 fully saturated rings. The fourth-order valence-electron chi connectivity index (χ4n) is 1.85. The van der Waals surface area contributed by atoms with Crippen molar-refractivity contribution < 1.29 is 4.79 Å². The zero-order valence-electron chi connectivity index (χ0n) is 9.92. The van der Waals surface area contributed by atoms with E-state index in [2.05, 4.69) is 26.6 Å². The third-order valence-corrected chi connectivity index (χ3v) is 3.43. The number of nitrogens with one attached hydrogen (secondary N) is 2. The highest BCUT2D eigenvalue weighted by atomic mass is 79.9. The molecule has 0 saturated heterocycles. The second-order valence-electron chi connectivity index (χ2n) is 4.36. The molecule has 1 saturated carbocycles.